The number of rotatable bonds is 11. The SMILES string of the molecule is CC(C)(CCCOc1ccc(CCC(=O)c2ccc(-c3ccc(C(F)(F)F)cc3)s2)c(Cl)c1Cl)C(=O)[O-]. The number of ketones is 1. The lowest BCUT2D eigenvalue weighted by atomic mass is 9.88. The van der Waals surface area contributed by atoms with E-state index in [9.17, 15) is 27.9 Å². The van der Waals surface area contributed by atoms with Gasteiger partial charge in [0.25, 0.3) is 0 Å². The minimum absolute atomic E-state index is 0.119. The number of thiophene rings is 1. The number of halogens is 5. The van der Waals surface area contributed by atoms with Gasteiger partial charge in [-0.05, 0) is 60.7 Å². The van der Waals surface area contributed by atoms with Crippen molar-refractivity contribution in [3.8, 4) is 16.2 Å². The molecule has 0 aliphatic heterocycles. The number of Topliss-reactive ketones (excluding diaryl/α,β-unsaturated/α-hetero) is 1. The maximum absolute atomic E-state index is 12.8. The molecule has 0 fully saturated rings. The third kappa shape index (κ3) is 7.49. The van der Waals surface area contributed by atoms with E-state index in [0.717, 1.165) is 12.1 Å². The maximum atomic E-state index is 12.8. The number of carbonyl (C=O) groups excluding carboxylic acids is 2. The quantitative estimate of drug-likeness (QED) is 0.176. The number of hydrogen-bond acceptors (Lipinski definition) is 5. The molecule has 3 rings (SSSR count). The summed E-state index contributed by atoms with van der Waals surface area (Å²) < 4.78 is 44.0. The van der Waals surface area contributed by atoms with Crippen molar-refractivity contribution in [2.75, 3.05) is 6.61 Å². The number of aliphatic carboxylic acids is 1. The van der Waals surface area contributed by atoms with Gasteiger partial charge in [0.15, 0.2) is 5.78 Å². The predicted molar refractivity (Wildman–Crippen MR) is 137 cm³/mol. The van der Waals surface area contributed by atoms with Crippen LogP contribution < -0.4 is 9.84 Å². The van der Waals surface area contributed by atoms with Crippen LogP contribution >= 0.6 is 34.5 Å². The maximum Gasteiger partial charge on any atom is 0.416 e. The molecular weight excluding hydrogens is 548 g/mol. The molecule has 2 aromatic carbocycles. The van der Waals surface area contributed by atoms with Crippen LogP contribution in [0.4, 0.5) is 13.2 Å². The molecule has 3 aromatic rings. The van der Waals surface area contributed by atoms with Gasteiger partial charge in [-0.15, -0.1) is 11.3 Å². The number of ether oxygens (including phenoxy) is 1. The highest BCUT2D eigenvalue weighted by Crippen LogP contribution is 2.37. The van der Waals surface area contributed by atoms with E-state index in [4.69, 9.17) is 27.9 Å². The fourth-order valence-corrected chi connectivity index (χ4v) is 4.98. The van der Waals surface area contributed by atoms with Gasteiger partial charge in [0, 0.05) is 22.7 Å². The molecule has 0 saturated carbocycles. The van der Waals surface area contributed by atoms with Gasteiger partial charge in [0.2, 0.25) is 0 Å². The molecule has 1 heterocycles. The Labute approximate surface area is 227 Å². The van der Waals surface area contributed by atoms with Gasteiger partial charge < -0.3 is 14.6 Å². The van der Waals surface area contributed by atoms with Crippen molar-refractivity contribution in [1.82, 2.24) is 0 Å². The number of hydrogen-bond donors (Lipinski definition) is 0. The fourth-order valence-electron chi connectivity index (χ4n) is 3.51. The summed E-state index contributed by atoms with van der Waals surface area (Å²) in [6.45, 7) is 3.44. The molecule has 0 aliphatic carbocycles. The number of carboxylic acids is 1. The number of carbonyl (C=O) groups is 2. The highest BCUT2D eigenvalue weighted by molar-refractivity contribution is 7.17. The van der Waals surface area contributed by atoms with Crippen LogP contribution in [0.2, 0.25) is 10.0 Å². The summed E-state index contributed by atoms with van der Waals surface area (Å²) in [5.74, 6) is -0.871. The minimum Gasteiger partial charge on any atom is -0.550 e. The number of carboxylic acid groups (broad SMARTS) is 1. The lowest BCUT2D eigenvalue weighted by molar-refractivity contribution is -0.317. The van der Waals surface area contributed by atoms with Crippen molar-refractivity contribution in [3.63, 3.8) is 0 Å². The van der Waals surface area contributed by atoms with Gasteiger partial charge >= 0.3 is 6.18 Å². The molecule has 1 aromatic heterocycles. The summed E-state index contributed by atoms with van der Waals surface area (Å²) in [6.07, 6.45) is -3.03. The first-order valence-corrected chi connectivity index (χ1v) is 13.0. The second kappa shape index (κ2) is 11.9. The molecule has 0 amide bonds. The Morgan fingerprint density at radius 3 is 2.27 bits per heavy atom. The van der Waals surface area contributed by atoms with E-state index < -0.39 is 23.1 Å². The summed E-state index contributed by atoms with van der Waals surface area (Å²) >= 11 is 14.0. The Morgan fingerprint density at radius 1 is 0.973 bits per heavy atom. The molecule has 4 nitrogen and oxygen atoms in total. The molecule has 198 valence electrons. The molecule has 0 bridgehead atoms. The summed E-state index contributed by atoms with van der Waals surface area (Å²) in [5.41, 5.74) is -0.409. The molecule has 0 unspecified atom stereocenters. The summed E-state index contributed by atoms with van der Waals surface area (Å²) in [7, 11) is 0. The van der Waals surface area contributed by atoms with Crippen LogP contribution in [0.1, 0.15) is 53.9 Å². The number of alkyl halides is 3. The van der Waals surface area contributed by atoms with Gasteiger partial charge in [0.05, 0.1) is 22.1 Å². The van der Waals surface area contributed by atoms with Crippen molar-refractivity contribution < 1.29 is 32.6 Å². The van der Waals surface area contributed by atoms with E-state index >= 15 is 0 Å². The van der Waals surface area contributed by atoms with Crippen LogP contribution in [0.25, 0.3) is 10.4 Å². The van der Waals surface area contributed by atoms with E-state index in [1.807, 2.05) is 0 Å². The number of aryl methyl sites for hydroxylation is 1. The number of benzene rings is 2. The Bertz CT molecular complexity index is 1270. The van der Waals surface area contributed by atoms with Crippen LogP contribution in [-0.4, -0.2) is 18.4 Å². The zero-order valence-electron chi connectivity index (χ0n) is 20.1. The Kier molecular flexibility index (Phi) is 9.32. The lowest BCUT2D eigenvalue weighted by Crippen LogP contribution is -2.38. The van der Waals surface area contributed by atoms with Crippen molar-refractivity contribution in [1.29, 1.82) is 0 Å². The third-order valence-corrected chi connectivity index (χ3v) is 7.96. The Balaban J connectivity index is 1.57. The zero-order chi connectivity index (χ0) is 27.4. The van der Waals surface area contributed by atoms with Gasteiger partial charge in [0.1, 0.15) is 10.8 Å². The molecule has 0 saturated heterocycles. The van der Waals surface area contributed by atoms with Crippen LogP contribution in [0.3, 0.4) is 0 Å². The smallest absolute Gasteiger partial charge is 0.416 e. The zero-order valence-corrected chi connectivity index (χ0v) is 22.4. The second-order valence-electron chi connectivity index (χ2n) is 9.14. The van der Waals surface area contributed by atoms with Crippen molar-refractivity contribution in [3.05, 3.63) is 74.6 Å². The lowest BCUT2D eigenvalue weighted by Gasteiger charge is -2.25. The highest BCUT2D eigenvalue weighted by atomic mass is 35.5. The molecule has 0 N–H and O–H groups in total. The van der Waals surface area contributed by atoms with E-state index in [1.54, 1.807) is 38.1 Å². The average molecular weight is 572 g/mol. The molecule has 37 heavy (non-hydrogen) atoms. The molecule has 0 radical (unpaired) electrons. The summed E-state index contributed by atoms with van der Waals surface area (Å²) in [4.78, 5) is 25.0. The molecular formula is C27H24Cl2F3O4S-. The first kappa shape index (κ1) is 29.0. The molecule has 0 spiro atoms. The fraction of sp³-hybridized carbons (Fsp3) is 0.333. The van der Waals surface area contributed by atoms with Crippen molar-refractivity contribution in [2.24, 2.45) is 5.41 Å². The van der Waals surface area contributed by atoms with Crippen LogP contribution in [-0.2, 0) is 17.4 Å². The van der Waals surface area contributed by atoms with Gasteiger partial charge in [-0.2, -0.15) is 13.2 Å². The summed E-state index contributed by atoms with van der Waals surface area (Å²) in [6, 6.07) is 11.6. The minimum atomic E-state index is -4.40. The normalized spacial score (nSPS) is 12.0. The topological polar surface area (TPSA) is 66.4 Å². The largest absolute Gasteiger partial charge is 0.550 e. The second-order valence-corrected chi connectivity index (χ2v) is 11.0. The van der Waals surface area contributed by atoms with E-state index in [1.165, 1.54) is 23.5 Å². The van der Waals surface area contributed by atoms with Crippen molar-refractivity contribution in [2.45, 2.75) is 45.7 Å². The monoisotopic (exact) mass is 571 g/mol. The van der Waals surface area contributed by atoms with E-state index in [2.05, 4.69) is 0 Å². The first-order chi connectivity index (χ1) is 17.3. The Hall–Kier alpha value is -2.55. The van der Waals surface area contributed by atoms with Gasteiger partial charge in [-0.3, -0.25) is 4.79 Å². The molecule has 0 atom stereocenters. The third-order valence-electron chi connectivity index (χ3n) is 5.88. The van der Waals surface area contributed by atoms with Gasteiger partial charge in [-0.25, -0.2) is 0 Å². The highest BCUT2D eigenvalue weighted by Gasteiger charge is 2.30. The molecule has 10 heteroatoms. The van der Waals surface area contributed by atoms with E-state index in [-0.39, 0.29) is 28.9 Å². The van der Waals surface area contributed by atoms with E-state index in [0.29, 0.717) is 45.9 Å². The van der Waals surface area contributed by atoms with Crippen LogP contribution in [0.5, 0.6) is 5.75 Å². The summed E-state index contributed by atoms with van der Waals surface area (Å²) in [5, 5.41) is 11.6. The standard InChI is InChI=1S/C27H25Cl2F3O4S/c1-26(2,25(34)35)14-3-15-36-20-11-7-17(23(28)24(20)29)6-10-19(33)22-13-12-21(37-22)16-4-8-18(9-5-16)27(30,31)32/h4-5,7-9,11-13H,3,6,10,14-15H2,1-2H3,(H,34,35)/p-1. The van der Waals surface area contributed by atoms with Crippen LogP contribution in [0, 0.1) is 5.41 Å². The first-order valence-electron chi connectivity index (χ1n) is 11.4. The molecule has 0 aliphatic rings. The van der Waals surface area contributed by atoms with Gasteiger partial charge in [-0.1, -0.05) is 55.2 Å². The van der Waals surface area contributed by atoms with Crippen molar-refractivity contribution >= 4 is 46.3 Å². The Morgan fingerprint density at radius 2 is 1.65 bits per heavy atom. The predicted octanol–water partition coefficient (Wildman–Crippen LogP) is 7.49. The van der Waals surface area contributed by atoms with Crippen LogP contribution in [0.15, 0.2) is 48.5 Å². The average Bonchev–Trinajstić information content (AvgIpc) is 3.33.